The van der Waals surface area contributed by atoms with Gasteiger partial charge in [-0.25, -0.2) is 4.79 Å². The number of aryl methyl sites for hydroxylation is 1. The lowest BCUT2D eigenvalue weighted by atomic mass is 9.95. The third-order valence-corrected chi connectivity index (χ3v) is 7.25. The van der Waals surface area contributed by atoms with Gasteiger partial charge in [-0.1, -0.05) is 17.8 Å². The van der Waals surface area contributed by atoms with Crippen LogP contribution in [0.4, 0.5) is 5.00 Å². The molecule has 3 aromatic heterocycles. The Balaban J connectivity index is 1.48. The SMILES string of the molecule is CCn1c(SCC(=O)Nc2sc3c(c2C(=O)OC)CCCC3)nnc1-c1ccccn1. The normalized spacial score (nSPS) is 13.0. The first-order chi connectivity index (χ1) is 15.1. The Hall–Kier alpha value is -2.72. The summed E-state index contributed by atoms with van der Waals surface area (Å²) in [6.07, 6.45) is 5.63. The molecule has 1 amide bonds. The molecule has 3 heterocycles. The van der Waals surface area contributed by atoms with E-state index in [4.69, 9.17) is 4.74 Å². The zero-order valence-corrected chi connectivity index (χ0v) is 19.0. The standard InChI is InChI=1S/C21H23N5O3S2/c1-3-26-18(14-9-6-7-11-22-14)24-25-21(26)30-12-16(27)23-19-17(20(28)29-2)13-8-4-5-10-15(13)31-19/h6-7,9,11H,3-5,8,10,12H2,1-2H3,(H,23,27). The van der Waals surface area contributed by atoms with Crippen molar-refractivity contribution in [3.63, 3.8) is 0 Å². The molecule has 31 heavy (non-hydrogen) atoms. The molecule has 1 aliphatic rings. The number of anilines is 1. The van der Waals surface area contributed by atoms with Gasteiger partial charge in [0.2, 0.25) is 5.91 Å². The van der Waals surface area contributed by atoms with Crippen LogP contribution < -0.4 is 5.32 Å². The van der Waals surface area contributed by atoms with Crippen molar-refractivity contribution in [3.05, 3.63) is 40.4 Å². The van der Waals surface area contributed by atoms with Gasteiger partial charge in [-0.3, -0.25) is 9.78 Å². The minimum absolute atomic E-state index is 0.156. The number of thiophene rings is 1. The number of hydrogen-bond donors (Lipinski definition) is 1. The van der Waals surface area contributed by atoms with Gasteiger partial charge >= 0.3 is 5.97 Å². The van der Waals surface area contributed by atoms with Gasteiger partial charge in [-0.2, -0.15) is 0 Å². The second kappa shape index (κ2) is 9.61. The van der Waals surface area contributed by atoms with Crippen LogP contribution in [-0.2, 0) is 28.9 Å². The lowest BCUT2D eigenvalue weighted by Gasteiger charge is -2.11. The monoisotopic (exact) mass is 457 g/mol. The number of carbonyl (C=O) groups is 2. The van der Waals surface area contributed by atoms with Crippen molar-refractivity contribution in [2.24, 2.45) is 0 Å². The average molecular weight is 458 g/mol. The number of fused-ring (bicyclic) bond motifs is 1. The van der Waals surface area contributed by atoms with Crippen molar-refractivity contribution in [1.29, 1.82) is 0 Å². The molecular formula is C21H23N5O3S2. The van der Waals surface area contributed by atoms with Crippen LogP contribution >= 0.6 is 23.1 Å². The van der Waals surface area contributed by atoms with Crippen LogP contribution in [0.3, 0.4) is 0 Å². The smallest absolute Gasteiger partial charge is 0.341 e. The Morgan fingerprint density at radius 3 is 2.84 bits per heavy atom. The van der Waals surface area contributed by atoms with Gasteiger partial charge in [0.15, 0.2) is 11.0 Å². The van der Waals surface area contributed by atoms with Gasteiger partial charge < -0.3 is 14.6 Å². The van der Waals surface area contributed by atoms with Crippen LogP contribution in [-0.4, -0.2) is 44.5 Å². The maximum Gasteiger partial charge on any atom is 0.341 e. The van der Waals surface area contributed by atoms with Crippen molar-refractivity contribution in [2.75, 3.05) is 18.2 Å². The Bertz CT molecular complexity index is 1090. The summed E-state index contributed by atoms with van der Waals surface area (Å²) in [5.74, 6) is 0.237. The van der Waals surface area contributed by atoms with Crippen LogP contribution in [0.25, 0.3) is 11.5 Å². The molecule has 162 valence electrons. The van der Waals surface area contributed by atoms with E-state index in [1.54, 1.807) is 6.20 Å². The van der Waals surface area contributed by atoms with Gasteiger partial charge in [-0.15, -0.1) is 21.5 Å². The Morgan fingerprint density at radius 2 is 2.10 bits per heavy atom. The van der Waals surface area contributed by atoms with Crippen LogP contribution in [0, 0.1) is 0 Å². The van der Waals surface area contributed by atoms with Gasteiger partial charge in [0.25, 0.3) is 0 Å². The molecule has 0 bridgehead atoms. The summed E-state index contributed by atoms with van der Waals surface area (Å²) in [7, 11) is 1.37. The number of esters is 1. The van der Waals surface area contributed by atoms with Gasteiger partial charge in [0.1, 0.15) is 10.7 Å². The first kappa shape index (κ1) is 21.5. The van der Waals surface area contributed by atoms with E-state index in [-0.39, 0.29) is 11.7 Å². The van der Waals surface area contributed by atoms with Crippen molar-refractivity contribution in [3.8, 4) is 11.5 Å². The number of nitrogens with one attached hydrogen (secondary N) is 1. The van der Waals surface area contributed by atoms with Crippen molar-refractivity contribution in [1.82, 2.24) is 19.7 Å². The zero-order chi connectivity index (χ0) is 21.8. The predicted molar refractivity (Wildman–Crippen MR) is 121 cm³/mol. The largest absolute Gasteiger partial charge is 0.465 e. The lowest BCUT2D eigenvalue weighted by molar-refractivity contribution is -0.113. The number of ether oxygens (including phenoxy) is 1. The topological polar surface area (TPSA) is 99.0 Å². The van der Waals surface area contributed by atoms with Crippen LogP contribution in [0.2, 0.25) is 0 Å². The first-order valence-electron chi connectivity index (χ1n) is 10.1. The molecule has 4 rings (SSSR count). The molecule has 10 heteroatoms. The third kappa shape index (κ3) is 4.49. The Labute approximate surface area is 188 Å². The molecule has 0 spiro atoms. The number of aromatic nitrogens is 4. The van der Waals surface area contributed by atoms with E-state index >= 15 is 0 Å². The molecule has 0 aliphatic heterocycles. The predicted octanol–water partition coefficient (Wildman–Crippen LogP) is 3.82. The number of thioether (sulfide) groups is 1. The fourth-order valence-corrected chi connectivity index (χ4v) is 5.73. The number of methoxy groups -OCH3 is 1. The van der Waals surface area contributed by atoms with E-state index in [0.29, 0.717) is 28.1 Å². The fraction of sp³-hybridized carbons (Fsp3) is 0.381. The van der Waals surface area contributed by atoms with Crippen LogP contribution in [0.1, 0.15) is 40.6 Å². The summed E-state index contributed by atoms with van der Waals surface area (Å²) < 4.78 is 6.91. The molecule has 0 saturated carbocycles. The number of rotatable bonds is 7. The minimum Gasteiger partial charge on any atom is -0.465 e. The van der Waals surface area contributed by atoms with E-state index < -0.39 is 5.97 Å². The molecular weight excluding hydrogens is 434 g/mol. The number of pyridine rings is 1. The summed E-state index contributed by atoms with van der Waals surface area (Å²) in [6, 6.07) is 5.63. The highest BCUT2D eigenvalue weighted by Crippen LogP contribution is 2.38. The Kier molecular flexibility index (Phi) is 6.67. The molecule has 1 N–H and O–H groups in total. The second-order valence-electron chi connectivity index (χ2n) is 7.01. The molecule has 0 saturated heterocycles. The van der Waals surface area contributed by atoms with Crippen LogP contribution in [0.15, 0.2) is 29.6 Å². The zero-order valence-electron chi connectivity index (χ0n) is 17.4. The van der Waals surface area contributed by atoms with Crippen molar-refractivity contribution < 1.29 is 14.3 Å². The van der Waals surface area contributed by atoms with E-state index in [1.807, 2.05) is 29.7 Å². The number of hydrogen-bond acceptors (Lipinski definition) is 8. The van der Waals surface area contributed by atoms with Crippen LogP contribution in [0.5, 0.6) is 0 Å². The first-order valence-corrected chi connectivity index (χ1v) is 11.9. The maximum absolute atomic E-state index is 12.7. The quantitative estimate of drug-likeness (QED) is 0.425. The summed E-state index contributed by atoms with van der Waals surface area (Å²) in [5, 5.41) is 12.6. The van der Waals surface area contributed by atoms with E-state index in [9.17, 15) is 9.59 Å². The van der Waals surface area contributed by atoms with Crippen molar-refractivity contribution >= 4 is 40.0 Å². The average Bonchev–Trinajstić information content (AvgIpc) is 3.38. The molecule has 0 aromatic carbocycles. The third-order valence-electron chi connectivity index (χ3n) is 5.07. The molecule has 0 radical (unpaired) electrons. The summed E-state index contributed by atoms with van der Waals surface area (Å²) in [6.45, 7) is 2.66. The highest BCUT2D eigenvalue weighted by molar-refractivity contribution is 7.99. The fourth-order valence-electron chi connectivity index (χ4n) is 3.63. The van der Waals surface area contributed by atoms with E-state index in [0.717, 1.165) is 36.9 Å². The molecule has 0 unspecified atom stereocenters. The van der Waals surface area contributed by atoms with E-state index in [2.05, 4.69) is 20.5 Å². The lowest BCUT2D eigenvalue weighted by Crippen LogP contribution is -2.17. The van der Waals surface area contributed by atoms with Crippen molar-refractivity contribution in [2.45, 2.75) is 44.3 Å². The molecule has 3 aromatic rings. The Morgan fingerprint density at radius 1 is 1.26 bits per heavy atom. The molecule has 8 nitrogen and oxygen atoms in total. The summed E-state index contributed by atoms with van der Waals surface area (Å²) in [4.78, 5) is 30.5. The molecule has 0 fully saturated rings. The maximum atomic E-state index is 12.7. The minimum atomic E-state index is -0.395. The summed E-state index contributed by atoms with van der Waals surface area (Å²) in [5.41, 5.74) is 2.27. The molecule has 0 atom stereocenters. The van der Waals surface area contributed by atoms with Gasteiger partial charge in [0, 0.05) is 17.6 Å². The van der Waals surface area contributed by atoms with Gasteiger partial charge in [-0.05, 0) is 50.3 Å². The van der Waals surface area contributed by atoms with Gasteiger partial charge in [0.05, 0.1) is 18.4 Å². The number of amides is 1. The second-order valence-corrected chi connectivity index (χ2v) is 9.06. The molecule has 1 aliphatic carbocycles. The highest BCUT2D eigenvalue weighted by atomic mass is 32.2. The highest BCUT2D eigenvalue weighted by Gasteiger charge is 2.27. The number of carbonyl (C=O) groups excluding carboxylic acids is 2. The van der Waals surface area contributed by atoms with E-state index in [1.165, 1.54) is 35.1 Å². The number of nitrogens with zero attached hydrogens (tertiary/aromatic N) is 4. The summed E-state index contributed by atoms with van der Waals surface area (Å²) >= 11 is 2.79.